The third-order valence-electron chi connectivity index (χ3n) is 7.63. The number of hydrogen-bond acceptors (Lipinski definition) is 3. The number of carbonyl (C=O) groups excluding carboxylic acids is 1. The van der Waals surface area contributed by atoms with Gasteiger partial charge in [-0.2, -0.15) is 13.2 Å². The van der Waals surface area contributed by atoms with E-state index in [4.69, 9.17) is 0 Å². The summed E-state index contributed by atoms with van der Waals surface area (Å²) in [6.45, 7) is 2.54. The molecule has 0 unspecified atom stereocenters. The number of carbonyl (C=O) groups is 1. The van der Waals surface area contributed by atoms with Gasteiger partial charge in [-0.15, -0.1) is 0 Å². The topological polar surface area (TPSA) is 35.6 Å². The zero-order chi connectivity index (χ0) is 23.9. The highest BCUT2D eigenvalue weighted by molar-refractivity contribution is 5.82. The van der Waals surface area contributed by atoms with Gasteiger partial charge in [0.1, 0.15) is 5.82 Å². The van der Waals surface area contributed by atoms with E-state index in [2.05, 4.69) is 15.1 Å². The molecular formula is C26H29F4N3O. The Bertz CT molecular complexity index is 1030. The molecule has 2 atom stereocenters. The molecule has 2 aliphatic heterocycles. The Morgan fingerprint density at radius 2 is 1.76 bits per heavy atom. The maximum absolute atomic E-state index is 13.4. The molecule has 1 aliphatic carbocycles. The summed E-state index contributed by atoms with van der Waals surface area (Å²) in [6.07, 6.45) is 0.626. The number of nitrogens with zero attached hydrogens (tertiary/aromatic N) is 2. The lowest BCUT2D eigenvalue weighted by molar-refractivity contribution is -0.137. The molecule has 3 aliphatic rings. The first-order chi connectivity index (χ1) is 16.3. The molecule has 0 radical (unpaired) electrons. The minimum absolute atomic E-state index is 0.0909. The van der Waals surface area contributed by atoms with Crippen molar-refractivity contribution in [1.29, 1.82) is 0 Å². The quantitative estimate of drug-likeness (QED) is 0.648. The van der Waals surface area contributed by atoms with Gasteiger partial charge >= 0.3 is 6.18 Å². The molecule has 0 spiro atoms. The van der Waals surface area contributed by atoms with Crippen LogP contribution in [0.25, 0.3) is 0 Å². The lowest BCUT2D eigenvalue weighted by atomic mass is 9.82. The van der Waals surface area contributed by atoms with Gasteiger partial charge in [-0.3, -0.25) is 9.69 Å². The van der Waals surface area contributed by atoms with Crippen molar-refractivity contribution in [2.45, 2.75) is 56.9 Å². The van der Waals surface area contributed by atoms with Crippen LogP contribution in [0, 0.1) is 11.7 Å². The number of benzene rings is 2. The average Bonchev–Trinajstić information content (AvgIpc) is 3.37. The van der Waals surface area contributed by atoms with Crippen LogP contribution in [0.3, 0.4) is 0 Å². The predicted molar refractivity (Wildman–Crippen MR) is 122 cm³/mol. The molecule has 1 saturated heterocycles. The van der Waals surface area contributed by atoms with E-state index in [9.17, 15) is 22.4 Å². The van der Waals surface area contributed by atoms with Gasteiger partial charge in [0.25, 0.3) is 0 Å². The summed E-state index contributed by atoms with van der Waals surface area (Å²) >= 11 is 0. The fourth-order valence-electron chi connectivity index (χ4n) is 5.85. The number of hydrogen-bond donors (Lipinski definition) is 1. The molecule has 2 aromatic carbocycles. The Morgan fingerprint density at radius 3 is 2.47 bits per heavy atom. The van der Waals surface area contributed by atoms with Crippen molar-refractivity contribution in [2.24, 2.45) is 5.92 Å². The summed E-state index contributed by atoms with van der Waals surface area (Å²) in [4.78, 5) is 18.0. The standard InChI is InChI=1S/C26H29F4N3O/c27-20-8-5-17(6-9-20)15-31-25(34)22-14-18-13-19(26(28,29)30)7-10-23(18)33-12-11-32(16-24(22)33)21-3-1-2-4-21/h5-10,13,21-22,24H,1-4,11-12,14-16H2,(H,31,34)/t22-,24+/m0/s1. The molecule has 1 N–H and O–H groups in total. The van der Waals surface area contributed by atoms with Gasteiger partial charge in [-0.05, 0) is 60.7 Å². The normalized spacial score (nSPS) is 23.5. The third-order valence-corrected chi connectivity index (χ3v) is 7.63. The zero-order valence-electron chi connectivity index (χ0n) is 19.0. The highest BCUT2D eigenvalue weighted by Gasteiger charge is 2.43. The molecule has 182 valence electrons. The summed E-state index contributed by atoms with van der Waals surface area (Å²) in [5, 5.41) is 2.95. The van der Waals surface area contributed by atoms with Crippen molar-refractivity contribution >= 4 is 11.6 Å². The second kappa shape index (κ2) is 9.21. The van der Waals surface area contributed by atoms with E-state index in [0.29, 0.717) is 18.2 Å². The lowest BCUT2D eigenvalue weighted by Crippen LogP contribution is -2.62. The molecule has 4 nitrogen and oxygen atoms in total. The predicted octanol–water partition coefficient (Wildman–Crippen LogP) is 4.77. The number of anilines is 1. The Morgan fingerprint density at radius 1 is 1.03 bits per heavy atom. The van der Waals surface area contributed by atoms with Crippen LogP contribution in [-0.2, 0) is 23.9 Å². The molecule has 8 heteroatoms. The molecule has 1 amide bonds. The number of amides is 1. The van der Waals surface area contributed by atoms with E-state index in [1.807, 2.05) is 0 Å². The molecule has 5 rings (SSSR count). The Hall–Kier alpha value is -2.61. The first kappa shape index (κ1) is 23.1. The molecule has 2 heterocycles. The van der Waals surface area contributed by atoms with Crippen molar-refractivity contribution in [3.05, 3.63) is 65.0 Å². The van der Waals surface area contributed by atoms with Crippen LogP contribution >= 0.6 is 0 Å². The van der Waals surface area contributed by atoms with Gasteiger partial charge in [0.15, 0.2) is 0 Å². The number of piperazine rings is 1. The number of halogens is 4. The number of rotatable bonds is 4. The molecule has 1 saturated carbocycles. The third kappa shape index (κ3) is 4.65. The smallest absolute Gasteiger partial charge is 0.365 e. The van der Waals surface area contributed by atoms with Gasteiger partial charge in [-0.25, -0.2) is 4.39 Å². The van der Waals surface area contributed by atoms with Crippen molar-refractivity contribution in [3.8, 4) is 0 Å². The minimum Gasteiger partial charge on any atom is -0.365 e. The van der Waals surface area contributed by atoms with E-state index in [0.717, 1.165) is 30.4 Å². The summed E-state index contributed by atoms with van der Waals surface area (Å²) in [5.41, 5.74) is 1.48. The van der Waals surface area contributed by atoms with Crippen LogP contribution in [0.1, 0.15) is 42.4 Å². The van der Waals surface area contributed by atoms with Crippen LogP contribution in [0.5, 0.6) is 0 Å². The number of nitrogens with one attached hydrogen (secondary N) is 1. The molecular weight excluding hydrogens is 446 g/mol. The average molecular weight is 476 g/mol. The highest BCUT2D eigenvalue weighted by Crippen LogP contribution is 2.40. The van der Waals surface area contributed by atoms with E-state index in [1.54, 1.807) is 18.2 Å². The monoisotopic (exact) mass is 475 g/mol. The summed E-state index contributed by atoms with van der Waals surface area (Å²) < 4.78 is 53.3. The van der Waals surface area contributed by atoms with Crippen molar-refractivity contribution in [2.75, 3.05) is 24.5 Å². The molecule has 34 heavy (non-hydrogen) atoms. The second-order valence-corrected chi connectivity index (χ2v) is 9.69. The fourth-order valence-corrected chi connectivity index (χ4v) is 5.85. The van der Waals surface area contributed by atoms with E-state index < -0.39 is 17.7 Å². The number of alkyl halides is 3. The van der Waals surface area contributed by atoms with Crippen LogP contribution in [-0.4, -0.2) is 42.5 Å². The minimum atomic E-state index is -4.42. The molecule has 0 bridgehead atoms. The van der Waals surface area contributed by atoms with Crippen LogP contribution in [0.15, 0.2) is 42.5 Å². The second-order valence-electron chi connectivity index (χ2n) is 9.69. The van der Waals surface area contributed by atoms with Gasteiger partial charge in [0.05, 0.1) is 17.5 Å². The maximum Gasteiger partial charge on any atom is 0.416 e. The highest BCUT2D eigenvalue weighted by atomic mass is 19.4. The van der Waals surface area contributed by atoms with Crippen molar-refractivity contribution in [1.82, 2.24) is 10.2 Å². The fraction of sp³-hybridized carbons (Fsp3) is 0.500. The van der Waals surface area contributed by atoms with Gasteiger partial charge in [0, 0.05) is 37.9 Å². The molecule has 2 fully saturated rings. The van der Waals surface area contributed by atoms with E-state index >= 15 is 0 Å². The Labute approximate surface area is 196 Å². The van der Waals surface area contributed by atoms with Crippen LogP contribution in [0.4, 0.5) is 23.2 Å². The SMILES string of the molecule is O=C(NCc1ccc(F)cc1)[C@H]1Cc2cc(C(F)(F)F)ccc2N2CCN(C3CCCC3)C[C@H]12. The van der Waals surface area contributed by atoms with E-state index in [-0.39, 0.29) is 30.7 Å². The Balaban J connectivity index is 1.40. The largest absolute Gasteiger partial charge is 0.416 e. The first-order valence-corrected chi connectivity index (χ1v) is 12.0. The van der Waals surface area contributed by atoms with Crippen molar-refractivity contribution < 1.29 is 22.4 Å². The first-order valence-electron chi connectivity index (χ1n) is 12.0. The van der Waals surface area contributed by atoms with Gasteiger partial charge < -0.3 is 10.2 Å². The van der Waals surface area contributed by atoms with Crippen LogP contribution < -0.4 is 10.2 Å². The van der Waals surface area contributed by atoms with Crippen LogP contribution in [0.2, 0.25) is 0 Å². The summed E-state index contributed by atoms with van der Waals surface area (Å²) in [7, 11) is 0. The zero-order valence-corrected chi connectivity index (χ0v) is 19.0. The van der Waals surface area contributed by atoms with E-state index in [1.165, 1.54) is 43.9 Å². The van der Waals surface area contributed by atoms with Gasteiger partial charge in [0.2, 0.25) is 5.91 Å². The molecule has 0 aromatic heterocycles. The number of fused-ring (bicyclic) bond motifs is 3. The maximum atomic E-state index is 13.4. The molecule has 2 aromatic rings. The lowest BCUT2D eigenvalue weighted by Gasteiger charge is -2.50. The summed E-state index contributed by atoms with van der Waals surface area (Å²) in [5.74, 6) is -0.972. The summed E-state index contributed by atoms with van der Waals surface area (Å²) in [6, 6.07) is 10.3. The Kier molecular flexibility index (Phi) is 6.27. The van der Waals surface area contributed by atoms with Crippen molar-refractivity contribution in [3.63, 3.8) is 0 Å². The van der Waals surface area contributed by atoms with Gasteiger partial charge in [-0.1, -0.05) is 25.0 Å².